The SMILES string of the molecule is CC(=O)c1cccc(S(=O)(=O)NC(c2ccccc2)C2CC2)c1. The predicted molar refractivity (Wildman–Crippen MR) is 88.7 cm³/mol. The van der Waals surface area contributed by atoms with Crippen LogP contribution in [0.1, 0.15) is 41.7 Å². The largest absolute Gasteiger partial charge is 0.295 e. The van der Waals surface area contributed by atoms with Gasteiger partial charge in [0, 0.05) is 11.6 Å². The summed E-state index contributed by atoms with van der Waals surface area (Å²) in [7, 11) is -3.67. The summed E-state index contributed by atoms with van der Waals surface area (Å²) in [5, 5.41) is 0. The Balaban J connectivity index is 1.90. The first-order valence-electron chi connectivity index (χ1n) is 7.65. The molecule has 2 aromatic rings. The first-order valence-corrected chi connectivity index (χ1v) is 9.14. The molecule has 0 bridgehead atoms. The second-order valence-corrected chi connectivity index (χ2v) is 7.65. The minimum absolute atomic E-state index is 0.131. The topological polar surface area (TPSA) is 63.2 Å². The molecular weight excluding hydrogens is 310 g/mol. The Labute approximate surface area is 136 Å². The van der Waals surface area contributed by atoms with Crippen molar-refractivity contribution in [2.24, 2.45) is 5.92 Å². The molecule has 1 aliphatic carbocycles. The van der Waals surface area contributed by atoms with Crippen LogP contribution in [0.25, 0.3) is 0 Å². The van der Waals surface area contributed by atoms with Crippen LogP contribution in [0.3, 0.4) is 0 Å². The maximum atomic E-state index is 12.7. The summed E-state index contributed by atoms with van der Waals surface area (Å²) in [5.74, 6) is 0.187. The van der Waals surface area contributed by atoms with Crippen LogP contribution in [0.4, 0.5) is 0 Å². The van der Waals surface area contributed by atoms with Gasteiger partial charge in [-0.05, 0) is 43.4 Å². The molecule has 120 valence electrons. The highest BCUT2D eigenvalue weighted by Gasteiger charge is 2.35. The number of hydrogen-bond donors (Lipinski definition) is 1. The minimum atomic E-state index is -3.67. The molecule has 0 spiro atoms. The zero-order valence-electron chi connectivity index (χ0n) is 12.9. The van der Waals surface area contributed by atoms with Gasteiger partial charge in [-0.15, -0.1) is 0 Å². The monoisotopic (exact) mass is 329 g/mol. The number of sulfonamides is 1. The molecule has 23 heavy (non-hydrogen) atoms. The second kappa shape index (κ2) is 6.26. The third-order valence-electron chi connectivity index (χ3n) is 4.09. The Bertz CT molecular complexity index is 811. The molecule has 1 aliphatic rings. The zero-order chi connectivity index (χ0) is 16.4. The van der Waals surface area contributed by atoms with Crippen molar-refractivity contribution >= 4 is 15.8 Å². The summed E-state index contributed by atoms with van der Waals surface area (Å²) in [4.78, 5) is 11.6. The van der Waals surface area contributed by atoms with Crippen molar-refractivity contribution in [3.05, 3.63) is 65.7 Å². The molecule has 1 saturated carbocycles. The molecule has 1 unspecified atom stereocenters. The van der Waals surface area contributed by atoms with Gasteiger partial charge in [0.2, 0.25) is 10.0 Å². The summed E-state index contributed by atoms with van der Waals surface area (Å²) in [5.41, 5.74) is 1.37. The molecule has 0 saturated heterocycles. The second-order valence-electron chi connectivity index (χ2n) is 5.93. The van der Waals surface area contributed by atoms with Crippen molar-refractivity contribution in [2.45, 2.75) is 30.7 Å². The molecule has 1 N–H and O–H groups in total. The number of carbonyl (C=O) groups excluding carboxylic acids is 1. The van der Waals surface area contributed by atoms with E-state index >= 15 is 0 Å². The number of nitrogens with one attached hydrogen (secondary N) is 1. The van der Waals surface area contributed by atoms with Gasteiger partial charge in [0.05, 0.1) is 4.90 Å². The molecule has 0 aliphatic heterocycles. The number of ketones is 1. The Kier molecular flexibility index (Phi) is 4.33. The van der Waals surface area contributed by atoms with Gasteiger partial charge in [-0.2, -0.15) is 0 Å². The Hall–Kier alpha value is -1.98. The third kappa shape index (κ3) is 3.68. The van der Waals surface area contributed by atoms with Crippen molar-refractivity contribution in [3.8, 4) is 0 Å². The van der Waals surface area contributed by atoms with Crippen molar-refractivity contribution in [1.82, 2.24) is 4.72 Å². The summed E-state index contributed by atoms with van der Waals surface area (Å²) in [6, 6.07) is 15.6. The minimum Gasteiger partial charge on any atom is -0.295 e. The smallest absolute Gasteiger partial charge is 0.241 e. The fraction of sp³-hybridized carbons (Fsp3) is 0.278. The molecule has 1 atom stereocenters. The van der Waals surface area contributed by atoms with Gasteiger partial charge in [0.1, 0.15) is 0 Å². The van der Waals surface area contributed by atoms with E-state index in [1.165, 1.54) is 19.1 Å². The number of hydrogen-bond acceptors (Lipinski definition) is 3. The normalized spacial score (nSPS) is 16.0. The van der Waals surface area contributed by atoms with Crippen LogP contribution in [0.5, 0.6) is 0 Å². The van der Waals surface area contributed by atoms with Crippen LogP contribution in [0.2, 0.25) is 0 Å². The lowest BCUT2D eigenvalue weighted by Gasteiger charge is -2.19. The summed E-state index contributed by atoms with van der Waals surface area (Å²) in [6.07, 6.45) is 2.05. The van der Waals surface area contributed by atoms with Gasteiger partial charge in [-0.25, -0.2) is 13.1 Å². The van der Waals surface area contributed by atoms with Crippen LogP contribution in [0.15, 0.2) is 59.5 Å². The Morgan fingerprint density at radius 2 is 1.78 bits per heavy atom. The van der Waals surface area contributed by atoms with E-state index in [-0.39, 0.29) is 16.7 Å². The molecule has 0 aromatic heterocycles. The molecule has 1 fully saturated rings. The van der Waals surface area contributed by atoms with E-state index in [4.69, 9.17) is 0 Å². The average molecular weight is 329 g/mol. The highest BCUT2D eigenvalue weighted by atomic mass is 32.2. The van der Waals surface area contributed by atoms with Gasteiger partial charge in [0.25, 0.3) is 0 Å². The third-order valence-corrected chi connectivity index (χ3v) is 5.52. The molecule has 0 amide bonds. The summed E-state index contributed by atoms with van der Waals surface area (Å²) < 4.78 is 28.2. The lowest BCUT2D eigenvalue weighted by atomic mass is 10.0. The van der Waals surface area contributed by atoms with E-state index in [0.717, 1.165) is 18.4 Å². The van der Waals surface area contributed by atoms with E-state index in [9.17, 15) is 13.2 Å². The summed E-state index contributed by atoms with van der Waals surface area (Å²) in [6.45, 7) is 1.43. The van der Waals surface area contributed by atoms with E-state index in [0.29, 0.717) is 11.5 Å². The molecule has 0 radical (unpaired) electrons. The van der Waals surface area contributed by atoms with Crippen molar-refractivity contribution in [2.75, 3.05) is 0 Å². The quantitative estimate of drug-likeness (QED) is 0.827. The van der Waals surface area contributed by atoms with Gasteiger partial charge in [-0.3, -0.25) is 4.79 Å². The maximum Gasteiger partial charge on any atom is 0.241 e. The van der Waals surface area contributed by atoms with Crippen LogP contribution in [-0.4, -0.2) is 14.2 Å². The van der Waals surface area contributed by atoms with Crippen LogP contribution in [0, 0.1) is 5.92 Å². The number of Topliss-reactive ketones (excluding diaryl/α,β-unsaturated/α-hetero) is 1. The molecular formula is C18H19NO3S. The molecule has 0 heterocycles. The Morgan fingerprint density at radius 3 is 2.39 bits per heavy atom. The fourth-order valence-corrected chi connectivity index (χ4v) is 3.98. The zero-order valence-corrected chi connectivity index (χ0v) is 13.7. The van der Waals surface area contributed by atoms with Crippen molar-refractivity contribution in [1.29, 1.82) is 0 Å². The average Bonchev–Trinajstić information content (AvgIpc) is 3.38. The lowest BCUT2D eigenvalue weighted by molar-refractivity contribution is 0.101. The first kappa shape index (κ1) is 15.9. The van der Waals surface area contributed by atoms with Gasteiger partial charge < -0.3 is 0 Å². The van der Waals surface area contributed by atoms with Crippen LogP contribution < -0.4 is 4.72 Å². The van der Waals surface area contributed by atoms with Crippen molar-refractivity contribution < 1.29 is 13.2 Å². The first-order chi connectivity index (χ1) is 11.0. The van der Waals surface area contributed by atoms with Crippen LogP contribution >= 0.6 is 0 Å². The molecule has 5 heteroatoms. The van der Waals surface area contributed by atoms with E-state index in [2.05, 4.69) is 4.72 Å². The van der Waals surface area contributed by atoms with E-state index < -0.39 is 10.0 Å². The van der Waals surface area contributed by atoms with Gasteiger partial charge >= 0.3 is 0 Å². The maximum absolute atomic E-state index is 12.7. The van der Waals surface area contributed by atoms with E-state index in [1.807, 2.05) is 30.3 Å². The van der Waals surface area contributed by atoms with Crippen molar-refractivity contribution in [3.63, 3.8) is 0 Å². The Morgan fingerprint density at radius 1 is 1.09 bits per heavy atom. The molecule has 4 nitrogen and oxygen atoms in total. The molecule has 2 aromatic carbocycles. The van der Waals surface area contributed by atoms with Crippen LogP contribution in [-0.2, 0) is 10.0 Å². The standard InChI is InChI=1S/C18H19NO3S/c1-13(20)16-8-5-9-17(12-16)23(21,22)19-18(15-10-11-15)14-6-3-2-4-7-14/h2-9,12,15,18-19H,10-11H2,1H3. The highest BCUT2D eigenvalue weighted by Crippen LogP contribution is 2.41. The summed E-state index contributed by atoms with van der Waals surface area (Å²) >= 11 is 0. The predicted octanol–water partition coefficient (Wildman–Crippen LogP) is 3.32. The van der Waals surface area contributed by atoms with Gasteiger partial charge in [0.15, 0.2) is 5.78 Å². The van der Waals surface area contributed by atoms with Gasteiger partial charge in [-0.1, -0.05) is 42.5 Å². The number of rotatable bonds is 6. The molecule has 3 rings (SSSR count). The number of carbonyl (C=O) groups is 1. The fourth-order valence-electron chi connectivity index (χ4n) is 2.64. The van der Waals surface area contributed by atoms with E-state index in [1.54, 1.807) is 12.1 Å². The lowest BCUT2D eigenvalue weighted by Crippen LogP contribution is -2.30. The highest BCUT2D eigenvalue weighted by molar-refractivity contribution is 7.89. The number of benzene rings is 2.